The van der Waals surface area contributed by atoms with E-state index >= 15 is 0 Å². The van der Waals surface area contributed by atoms with Crippen LogP contribution >= 0.6 is 0 Å². The van der Waals surface area contributed by atoms with Gasteiger partial charge in [0.2, 0.25) is 0 Å². The van der Waals surface area contributed by atoms with Crippen LogP contribution in [0.15, 0.2) is 18.3 Å². The van der Waals surface area contributed by atoms with Crippen molar-refractivity contribution in [2.75, 3.05) is 0 Å². The summed E-state index contributed by atoms with van der Waals surface area (Å²) in [6.07, 6.45) is 9.93. The van der Waals surface area contributed by atoms with Crippen molar-refractivity contribution in [2.45, 2.75) is 33.6 Å². The molecular weight excluding hydrogens is 184 g/mol. The van der Waals surface area contributed by atoms with E-state index in [4.69, 9.17) is 0 Å². The van der Waals surface area contributed by atoms with Gasteiger partial charge in [-0.2, -0.15) is 0 Å². The molecule has 1 heterocycles. The van der Waals surface area contributed by atoms with Gasteiger partial charge in [0.1, 0.15) is 5.82 Å². The van der Waals surface area contributed by atoms with Gasteiger partial charge >= 0.3 is 0 Å². The lowest BCUT2D eigenvalue weighted by Crippen LogP contribution is -2.00. The fourth-order valence-electron chi connectivity index (χ4n) is 1.30. The van der Waals surface area contributed by atoms with Gasteiger partial charge in [-0.3, -0.25) is 0 Å². The van der Waals surface area contributed by atoms with Crippen LogP contribution < -0.4 is 0 Å². The first-order valence-electron chi connectivity index (χ1n) is 5.31. The third kappa shape index (κ3) is 3.01. The quantitative estimate of drug-likeness (QED) is 0.747. The predicted octanol–water partition coefficient (Wildman–Crippen LogP) is 3.67. The first-order valence-corrected chi connectivity index (χ1v) is 5.31. The van der Waals surface area contributed by atoms with Crippen molar-refractivity contribution in [3.8, 4) is 0 Å². The zero-order valence-corrected chi connectivity index (χ0v) is 9.86. The van der Waals surface area contributed by atoms with E-state index < -0.39 is 0 Å². The van der Waals surface area contributed by atoms with Gasteiger partial charge in [-0.15, -0.1) is 0 Å². The van der Waals surface area contributed by atoms with E-state index in [-0.39, 0.29) is 0 Å². The Morgan fingerprint density at radius 3 is 2.33 bits per heavy atom. The van der Waals surface area contributed by atoms with E-state index in [9.17, 15) is 0 Å². The van der Waals surface area contributed by atoms with E-state index in [0.29, 0.717) is 5.92 Å². The van der Waals surface area contributed by atoms with E-state index in [2.05, 4.69) is 23.8 Å². The highest BCUT2D eigenvalue weighted by molar-refractivity contribution is 5.61. The number of nitrogens with zero attached hydrogens (tertiary/aromatic N) is 2. The van der Waals surface area contributed by atoms with Crippen molar-refractivity contribution < 1.29 is 0 Å². The van der Waals surface area contributed by atoms with Crippen molar-refractivity contribution in [3.05, 3.63) is 35.4 Å². The SMILES string of the molecule is CC=Cc1cnc(C(C)C)nc1C=CC. The number of aromatic nitrogens is 2. The molecule has 1 aromatic heterocycles. The molecule has 0 saturated heterocycles. The van der Waals surface area contributed by atoms with Gasteiger partial charge in [-0.25, -0.2) is 9.97 Å². The molecule has 2 nitrogen and oxygen atoms in total. The Kier molecular flexibility index (Phi) is 4.22. The van der Waals surface area contributed by atoms with Crippen LogP contribution in [0.25, 0.3) is 12.2 Å². The lowest BCUT2D eigenvalue weighted by atomic mass is 10.1. The Hall–Kier alpha value is -1.44. The van der Waals surface area contributed by atoms with Crippen molar-refractivity contribution in [1.29, 1.82) is 0 Å². The summed E-state index contributed by atoms with van der Waals surface area (Å²) in [5.41, 5.74) is 2.06. The molecule has 0 atom stereocenters. The van der Waals surface area contributed by atoms with Crippen molar-refractivity contribution >= 4 is 12.2 Å². The van der Waals surface area contributed by atoms with Crippen LogP contribution in [0.2, 0.25) is 0 Å². The summed E-state index contributed by atoms with van der Waals surface area (Å²) in [6.45, 7) is 8.20. The maximum atomic E-state index is 4.53. The van der Waals surface area contributed by atoms with Crippen LogP contribution in [-0.4, -0.2) is 9.97 Å². The first kappa shape index (κ1) is 11.6. The topological polar surface area (TPSA) is 25.8 Å². The number of hydrogen-bond acceptors (Lipinski definition) is 2. The largest absolute Gasteiger partial charge is 0.240 e. The fraction of sp³-hybridized carbons (Fsp3) is 0.385. The summed E-state index contributed by atoms with van der Waals surface area (Å²) >= 11 is 0. The molecule has 0 bridgehead atoms. The standard InChI is InChI=1S/C13H18N2/c1-5-7-11-9-14-13(10(3)4)15-12(11)8-6-2/h5-10H,1-4H3. The van der Waals surface area contributed by atoms with Gasteiger partial charge < -0.3 is 0 Å². The average molecular weight is 202 g/mol. The molecule has 0 aromatic carbocycles. The third-order valence-electron chi connectivity index (χ3n) is 2.05. The van der Waals surface area contributed by atoms with E-state index in [1.165, 1.54) is 0 Å². The molecule has 0 radical (unpaired) electrons. The monoisotopic (exact) mass is 202 g/mol. The van der Waals surface area contributed by atoms with Crippen molar-refractivity contribution in [2.24, 2.45) is 0 Å². The van der Waals surface area contributed by atoms with Crippen LogP contribution in [0.5, 0.6) is 0 Å². The van der Waals surface area contributed by atoms with Crippen LogP contribution in [0.3, 0.4) is 0 Å². The predicted molar refractivity (Wildman–Crippen MR) is 65.5 cm³/mol. The fourth-order valence-corrected chi connectivity index (χ4v) is 1.30. The van der Waals surface area contributed by atoms with Crippen molar-refractivity contribution in [3.63, 3.8) is 0 Å². The molecule has 1 aromatic rings. The van der Waals surface area contributed by atoms with Gasteiger partial charge in [0.25, 0.3) is 0 Å². The van der Waals surface area contributed by atoms with Gasteiger partial charge in [0.15, 0.2) is 0 Å². The zero-order chi connectivity index (χ0) is 11.3. The van der Waals surface area contributed by atoms with Crippen LogP contribution in [-0.2, 0) is 0 Å². The second kappa shape index (κ2) is 5.44. The minimum Gasteiger partial charge on any atom is -0.240 e. The second-order valence-electron chi connectivity index (χ2n) is 3.72. The van der Waals surface area contributed by atoms with Gasteiger partial charge in [-0.1, -0.05) is 32.1 Å². The summed E-state index contributed by atoms with van der Waals surface area (Å²) in [6, 6.07) is 0. The summed E-state index contributed by atoms with van der Waals surface area (Å²) in [4.78, 5) is 8.87. The minimum absolute atomic E-state index is 0.369. The highest BCUT2D eigenvalue weighted by Gasteiger charge is 2.05. The van der Waals surface area contributed by atoms with E-state index in [0.717, 1.165) is 17.1 Å². The molecule has 0 aliphatic carbocycles. The highest BCUT2D eigenvalue weighted by Crippen LogP contribution is 2.14. The van der Waals surface area contributed by atoms with E-state index in [1.807, 2.05) is 44.3 Å². The third-order valence-corrected chi connectivity index (χ3v) is 2.05. The molecule has 0 unspecified atom stereocenters. The molecule has 2 heteroatoms. The molecule has 1 rings (SSSR count). The van der Waals surface area contributed by atoms with Gasteiger partial charge in [-0.05, 0) is 19.9 Å². The zero-order valence-electron chi connectivity index (χ0n) is 9.86. The lowest BCUT2D eigenvalue weighted by molar-refractivity contribution is 0.771. The van der Waals surface area contributed by atoms with Gasteiger partial charge in [0.05, 0.1) is 5.69 Å². The summed E-state index contributed by atoms with van der Waals surface area (Å²) in [5, 5.41) is 0. The Balaban J connectivity index is 3.20. The number of allylic oxidation sites excluding steroid dienone is 2. The number of rotatable bonds is 3. The summed E-state index contributed by atoms with van der Waals surface area (Å²) < 4.78 is 0. The normalized spacial score (nSPS) is 12.1. The molecule has 0 aliphatic heterocycles. The second-order valence-corrected chi connectivity index (χ2v) is 3.72. The van der Waals surface area contributed by atoms with Crippen molar-refractivity contribution in [1.82, 2.24) is 9.97 Å². The van der Waals surface area contributed by atoms with Gasteiger partial charge in [0, 0.05) is 17.7 Å². The minimum atomic E-state index is 0.369. The molecule has 0 fully saturated rings. The summed E-state index contributed by atoms with van der Waals surface area (Å²) in [5.74, 6) is 1.27. The molecule has 0 aliphatic rings. The van der Waals surface area contributed by atoms with E-state index in [1.54, 1.807) is 0 Å². The highest BCUT2D eigenvalue weighted by atomic mass is 14.9. The van der Waals surface area contributed by atoms with Crippen LogP contribution in [0, 0.1) is 0 Å². The van der Waals surface area contributed by atoms with Crippen LogP contribution in [0.4, 0.5) is 0 Å². The molecular formula is C13H18N2. The maximum Gasteiger partial charge on any atom is 0.131 e. The number of hydrogen-bond donors (Lipinski definition) is 0. The molecule has 0 N–H and O–H groups in total. The Morgan fingerprint density at radius 1 is 1.13 bits per heavy atom. The molecule has 15 heavy (non-hydrogen) atoms. The average Bonchev–Trinajstić information content (AvgIpc) is 2.21. The smallest absolute Gasteiger partial charge is 0.131 e. The molecule has 0 spiro atoms. The summed E-state index contributed by atoms with van der Waals surface area (Å²) in [7, 11) is 0. The lowest BCUT2D eigenvalue weighted by Gasteiger charge is -2.06. The Morgan fingerprint density at radius 2 is 1.80 bits per heavy atom. The Labute approximate surface area is 91.8 Å². The molecule has 0 amide bonds. The first-order chi connectivity index (χ1) is 7.19. The Bertz CT molecular complexity index is 376. The molecule has 0 saturated carbocycles. The molecule has 80 valence electrons. The van der Waals surface area contributed by atoms with Crippen LogP contribution in [0.1, 0.15) is 50.7 Å². The maximum absolute atomic E-state index is 4.53.